The van der Waals surface area contributed by atoms with E-state index in [0.29, 0.717) is 23.4 Å². The molecule has 2 aromatic heterocycles. The highest BCUT2D eigenvalue weighted by atomic mass is 16.5. The smallest absolute Gasteiger partial charge is 0.359 e. The summed E-state index contributed by atoms with van der Waals surface area (Å²) in [6.07, 6.45) is 2.14. The summed E-state index contributed by atoms with van der Waals surface area (Å²) >= 11 is 0. The number of aromatic nitrogens is 3. The summed E-state index contributed by atoms with van der Waals surface area (Å²) < 4.78 is 6.64. The second-order valence-corrected chi connectivity index (χ2v) is 4.42. The van der Waals surface area contributed by atoms with Crippen LogP contribution in [0.4, 0.5) is 5.69 Å². The molecular weight excluding hydrogens is 270 g/mol. The Morgan fingerprint density at radius 1 is 1.57 bits per heavy atom. The van der Waals surface area contributed by atoms with Gasteiger partial charge >= 0.3 is 5.97 Å². The van der Waals surface area contributed by atoms with E-state index >= 15 is 0 Å². The van der Waals surface area contributed by atoms with E-state index in [1.165, 1.54) is 10.9 Å². The number of nitrogens with zero attached hydrogens (tertiary/aromatic N) is 4. The molecule has 0 aliphatic rings. The molecule has 0 bridgehead atoms. The number of pyridine rings is 1. The minimum Gasteiger partial charge on any atom is -0.456 e. The van der Waals surface area contributed by atoms with Gasteiger partial charge in [-0.15, -0.1) is 0 Å². The van der Waals surface area contributed by atoms with Gasteiger partial charge in [-0.25, -0.2) is 9.78 Å². The second kappa shape index (κ2) is 6.05. The van der Waals surface area contributed by atoms with Crippen molar-refractivity contribution in [2.45, 2.75) is 20.0 Å². The molecule has 2 N–H and O–H groups in total. The average molecular weight is 285 g/mol. The topological polar surface area (TPSA) is 107 Å². The van der Waals surface area contributed by atoms with Gasteiger partial charge in [-0.1, -0.05) is 6.92 Å². The molecule has 0 spiro atoms. The number of esters is 1. The number of hydrogen-bond donors (Lipinski definition) is 1. The molecule has 0 saturated heterocycles. The third-order valence-electron chi connectivity index (χ3n) is 3.00. The number of carbonyl (C=O) groups excluding carboxylic acids is 1. The van der Waals surface area contributed by atoms with Crippen LogP contribution in [0.2, 0.25) is 0 Å². The zero-order valence-electron chi connectivity index (χ0n) is 11.8. The highest BCUT2D eigenvalue weighted by molar-refractivity contribution is 5.93. The summed E-state index contributed by atoms with van der Waals surface area (Å²) in [6, 6.07) is 5.18. The van der Waals surface area contributed by atoms with E-state index < -0.39 is 5.97 Å². The highest BCUT2D eigenvalue weighted by Crippen LogP contribution is 2.18. The Kier molecular flexibility index (Phi) is 4.18. The maximum atomic E-state index is 12.1. The van der Waals surface area contributed by atoms with Crippen LogP contribution in [-0.4, -0.2) is 20.7 Å². The Morgan fingerprint density at radius 2 is 2.33 bits per heavy atom. The van der Waals surface area contributed by atoms with Gasteiger partial charge in [-0.3, -0.25) is 4.68 Å². The maximum absolute atomic E-state index is 12.1. The largest absolute Gasteiger partial charge is 0.456 e. The Bertz CT molecular complexity index is 715. The van der Waals surface area contributed by atoms with E-state index in [1.54, 1.807) is 19.2 Å². The Morgan fingerprint density at radius 3 is 2.95 bits per heavy atom. The van der Waals surface area contributed by atoms with E-state index in [9.17, 15) is 4.79 Å². The van der Waals surface area contributed by atoms with Gasteiger partial charge in [0.25, 0.3) is 0 Å². The summed E-state index contributed by atoms with van der Waals surface area (Å²) in [7, 11) is 1.65. The van der Waals surface area contributed by atoms with E-state index in [-0.39, 0.29) is 18.0 Å². The number of nitrogens with two attached hydrogens (primary N) is 1. The third-order valence-corrected chi connectivity index (χ3v) is 3.00. The van der Waals surface area contributed by atoms with E-state index in [2.05, 4.69) is 10.1 Å². The van der Waals surface area contributed by atoms with Crippen LogP contribution in [0.3, 0.4) is 0 Å². The summed E-state index contributed by atoms with van der Waals surface area (Å²) in [6.45, 7) is 1.95. The second-order valence-electron chi connectivity index (χ2n) is 4.42. The van der Waals surface area contributed by atoms with Crippen molar-refractivity contribution in [3.63, 3.8) is 0 Å². The molecular formula is C14H15N5O2. The van der Waals surface area contributed by atoms with Gasteiger partial charge in [0.2, 0.25) is 0 Å². The number of nitriles is 1. The predicted octanol–water partition coefficient (Wildman–Crippen LogP) is 1.19. The SMILES string of the molecule is CCc1nn(C)c(C(=O)OCc2ccnc(C#N)c2)c1N. The minimum atomic E-state index is -0.544. The van der Waals surface area contributed by atoms with Gasteiger partial charge < -0.3 is 10.5 Å². The molecule has 2 aromatic rings. The molecule has 7 heteroatoms. The van der Waals surface area contributed by atoms with Crippen LogP contribution < -0.4 is 5.73 Å². The molecule has 0 amide bonds. The van der Waals surface area contributed by atoms with Crippen LogP contribution in [-0.2, 0) is 24.8 Å². The monoisotopic (exact) mass is 285 g/mol. The Hall–Kier alpha value is -2.88. The summed E-state index contributed by atoms with van der Waals surface area (Å²) in [5, 5.41) is 12.9. The molecule has 0 fully saturated rings. The Labute approximate surface area is 122 Å². The predicted molar refractivity (Wildman–Crippen MR) is 75.1 cm³/mol. The van der Waals surface area contributed by atoms with E-state index in [0.717, 1.165) is 0 Å². The number of hydrogen-bond acceptors (Lipinski definition) is 6. The maximum Gasteiger partial charge on any atom is 0.359 e. The first-order valence-corrected chi connectivity index (χ1v) is 6.40. The van der Waals surface area contributed by atoms with Crippen molar-refractivity contribution in [3.8, 4) is 6.07 Å². The molecule has 7 nitrogen and oxygen atoms in total. The molecule has 0 aliphatic heterocycles. The molecule has 0 atom stereocenters. The van der Waals surface area contributed by atoms with Gasteiger partial charge in [-0.05, 0) is 24.1 Å². The van der Waals surface area contributed by atoms with Crippen LogP contribution >= 0.6 is 0 Å². The van der Waals surface area contributed by atoms with Crippen molar-refractivity contribution >= 4 is 11.7 Å². The number of anilines is 1. The van der Waals surface area contributed by atoms with Gasteiger partial charge in [0.15, 0.2) is 5.69 Å². The van der Waals surface area contributed by atoms with Crippen LogP contribution in [0.1, 0.15) is 34.4 Å². The fraction of sp³-hybridized carbons (Fsp3) is 0.286. The van der Waals surface area contributed by atoms with Crippen LogP contribution in [0.5, 0.6) is 0 Å². The van der Waals surface area contributed by atoms with Crippen LogP contribution in [0.25, 0.3) is 0 Å². The lowest BCUT2D eigenvalue weighted by Gasteiger charge is -2.06. The van der Waals surface area contributed by atoms with Crippen molar-refractivity contribution in [1.82, 2.24) is 14.8 Å². The highest BCUT2D eigenvalue weighted by Gasteiger charge is 2.20. The quantitative estimate of drug-likeness (QED) is 0.845. The lowest BCUT2D eigenvalue weighted by molar-refractivity contribution is 0.0461. The number of rotatable bonds is 4. The first kappa shape index (κ1) is 14.5. The number of nitrogen functional groups attached to an aromatic ring is 1. The molecule has 21 heavy (non-hydrogen) atoms. The average Bonchev–Trinajstić information content (AvgIpc) is 2.79. The molecule has 108 valence electrons. The summed E-state index contributed by atoms with van der Waals surface area (Å²) in [4.78, 5) is 15.9. The molecule has 0 radical (unpaired) electrons. The third kappa shape index (κ3) is 3.00. The van der Waals surface area contributed by atoms with Crippen molar-refractivity contribution in [3.05, 3.63) is 41.0 Å². The van der Waals surface area contributed by atoms with E-state index in [4.69, 9.17) is 15.7 Å². The zero-order chi connectivity index (χ0) is 15.4. The zero-order valence-corrected chi connectivity index (χ0v) is 11.8. The first-order chi connectivity index (χ1) is 10.1. The number of ether oxygens (including phenoxy) is 1. The van der Waals surface area contributed by atoms with Crippen LogP contribution in [0.15, 0.2) is 18.3 Å². The van der Waals surface area contributed by atoms with Crippen molar-refractivity contribution in [1.29, 1.82) is 5.26 Å². The van der Waals surface area contributed by atoms with Gasteiger partial charge in [-0.2, -0.15) is 10.4 Å². The summed E-state index contributed by atoms with van der Waals surface area (Å²) in [5.74, 6) is -0.544. The molecule has 0 saturated carbocycles. The molecule has 0 aromatic carbocycles. The lowest BCUT2D eigenvalue weighted by Crippen LogP contribution is -2.12. The van der Waals surface area contributed by atoms with Crippen molar-refractivity contribution in [2.24, 2.45) is 7.05 Å². The fourth-order valence-electron chi connectivity index (χ4n) is 1.94. The van der Waals surface area contributed by atoms with Crippen molar-refractivity contribution < 1.29 is 9.53 Å². The fourth-order valence-corrected chi connectivity index (χ4v) is 1.94. The lowest BCUT2D eigenvalue weighted by atomic mass is 10.2. The first-order valence-electron chi connectivity index (χ1n) is 6.40. The van der Waals surface area contributed by atoms with Gasteiger partial charge in [0.05, 0.1) is 11.4 Å². The minimum absolute atomic E-state index is 0.0438. The molecule has 2 heterocycles. The molecule has 0 unspecified atom stereocenters. The van der Waals surface area contributed by atoms with Crippen LogP contribution in [0, 0.1) is 11.3 Å². The van der Waals surface area contributed by atoms with E-state index in [1.807, 2.05) is 13.0 Å². The van der Waals surface area contributed by atoms with Crippen molar-refractivity contribution in [2.75, 3.05) is 5.73 Å². The van der Waals surface area contributed by atoms with Gasteiger partial charge in [0, 0.05) is 13.2 Å². The normalized spacial score (nSPS) is 10.1. The number of aryl methyl sites for hydroxylation is 2. The number of carbonyl (C=O) groups is 1. The molecule has 0 aliphatic carbocycles. The molecule has 2 rings (SSSR count). The Balaban J connectivity index is 2.12. The standard InChI is InChI=1S/C14H15N5O2/c1-3-11-12(16)13(19(2)18-11)14(20)21-8-9-4-5-17-10(6-9)7-15/h4-6H,3,8,16H2,1-2H3. The summed E-state index contributed by atoms with van der Waals surface area (Å²) in [5.41, 5.74) is 8.10. The van der Waals surface area contributed by atoms with Gasteiger partial charge in [0.1, 0.15) is 18.4 Å².